The minimum Gasteiger partial charge on any atom is -0.438 e. The summed E-state index contributed by atoms with van der Waals surface area (Å²) >= 11 is 0. The molecule has 0 radical (unpaired) electrons. The minimum absolute atomic E-state index is 0.592. The van der Waals surface area contributed by atoms with Gasteiger partial charge in [-0.15, -0.1) is 0 Å². The number of anilines is 1. The van der Waals surface area contributed by atoms with Crippen molar-refractivity contribution >= 4 is 5.82 Å². The number of rotatable bonds is 5. The quantitative estimate of drug-likeness (QED) is 0.895. The van der Waals surface area contributed by atoms with E-state index in [-0.39, 0.29) is 0 Å². The Bertz CT molecular complexity index is 638. The molecule has 0 aliphatic carbocycles. The number of nitrogens with zero attached hydrogens (tertiary/aromatic N) is 2. The van der Waals surface area contributed by atoms with Crippen LogP contribution in [0.2, 0.25) is 0 Å². The fourth-order valence-electron chi connectivity index (χ4n) is 2.14. The van der Waals surface area contributed by atoms with E-state index in [0.29, 0.717) is 5.88 Å². The Labute approximate surface area is 126 Å². The summed E-state index contributed by atoms with van der Waals surface area (Å²) in [7, 11) is 0. The van der Waals surface area contributed by atoms with Gasteiger partial charge >= 0.3 is 0 Å². The van der Waals surface area contributed by atoms with E-state index >= 15 is 0 Å². The highest BCUT2D eigenvalue weighted by atomic mass is 16.5. The lowest BCUT2D eigenvalue weighted by atomic mass is 10.1. The fraction of sp³-hybridized carbons (Fsp3) is 0.412. The van der Waals surface area contributed by atoms with Crippen LogP contribution >= 0.6 is 0 Å². The molecule has 0 bridgehead atoms. The van der Waals surface area contributed by atoms with Crippen LogP contribution in [0.5, 0.6) is 11.6 Å². The number of benzene rings is 1. The molecule has 1 heterocycles. The van der Waals surface area contributed by atoms with Crippen LogP contribution in [0.3, 0.4) is 0 Å². The smallest absolute Gasteiger partial charge is 0.224 e. The Kier molecular flexibility index (Phi) is 4.78. The maximum Gasteiger partial charge on any atom is 0.224 e. The van der Waals surface area contributed by atoms with Crippen molar-refractivity contribution in [3.05, 3.63) is 40.7 Å². The first-order valence-electron chi connectivity index (χ1n) is 7.41. The van der Waals surface area contributed by atoms with E-state index in [2.05, 4.69) is 48.2 Å². The second-order valence-electron chi connectivity index (χ2n) is 5.15. The van der Waals surface area contributed by atoms with Gasteiger partial charge in [-0.3, -0.25) is 0 Å². The molecule has 0 atom stereocenters. The van der Waals surface area contributed by atoms with Crippen LogP contribution in [0, 0.1) is 20.8 Å². The van der Waals surface area contributed by atoms with Gasteiger partial charge in [0.25, 0.3) is 0 Å². The third-order valence-electron chi connectivity index (χ3n) is 3.50. The van der Waals surface area contributed by atoms with Gasteiger partial charge in [0, 0.05) is 19.0 Å². The Morgan fingerprint density at radius 1 is 1.05 bits per heavy atom. The summed E-state index contributed by atoms with van der Waals surface area (Å²) in [5.74, 6) is 3.07. The van der Waals surface area contributed by atoms with Crippen molar-refractivity contribution in [1.29, 1.82) is 0 Å². The van der Waals surface area contributed by atoms with Crippen molar-refractivity contribution in [2.45, 2.75) is 41.0 Å². The predicted octanol–water partition coefficient (Wildman–Crippen LogP) is 4.19. The zero-order chi connectivity index (χ0) is 15.4. The van der Waals surface area contributed by atoms with Crippen LogP contribution in [-0.2, 0) is 6.42 Å². The molecular weight excluding hydrogens is 262 g/mol. The summed E-state index contributed by atoms with van der Waals surface area (Å²) < 4.78 is 6.06. The monoisotopic (exact) mass is 285 g/mol. The van der Waals surface area contributed by atoms with Gasteiger partial charge in [0.15, 0.2) is 0 Å². The lowest BCUT2D eigenvalue weighted by Gasteiger charge is -2.14. The molecule has 0 unspecified atom stereocenters. The van der Waals surface area contributed by atoms with Crippen molar-refractivity contribution < 1.29 is 4.74 Å². The zero-order valence-corrected chi connectivity index (χ0v) is 13.4. The Morgan fingerprint density at radius 2 is 1.76 bits per heavy atom. The molecule has 1 aromatic heterocycles. The van der Waals surface area contributed by atoms with Crippen molar-refractivity contribution in [1.82, 2.24) is 9.97 Å². The number of nitrogens with one attached hydrogen (secondary N) is 1. The van der Waals surface area contributed by atoms with Gasteiger partial charge in [-0.2, -0.15) is 4.98 Å². The average Bonchev–Trinajstić information content (AvgIpc) is 2.48. The molecule has 4 nitrogen and oxygen atoms in total. The van der Waals surface area contributed by atoms with E-state index in [9.17, 15) is 0 Å². The largest absolute Gasteiger partial charge is 0.438 e. The molecule has 4 heteroatoms. The maximum absolute atomic E-state index is 6.06. The summed E-state index contributed by atoms with van der Waals surface area (Å²) in [6.07, 6.45) is 0.779. The van der Waals surface area contributed by atoms with E-state index < -0.39 is 0 Å². The summed E-state index contributed by atoms with van der Waals surface area (Å²) in [6, 6.07) is 6.04. The van der Waals surface area contributed by atoms with E-state index in [4.69, 9.17) is 4.74 Å². The molecule has 0 amide bonds. The van der Waals surface area contributed by atoms with Crippen molar-refractivity contribution in [2.24, 2.45) is 0 Å². The second-order valence-corrected chi connectivity index (χ2v) is 5.15. The summed E-state index contributed by atoms with van der Waals surface area (Å²) in [6.45, 7) is 11.1. The summed E-state index contributed by atoms with van der Waals surface area (Å²) in [5, 5.41) is 3.22. The number of ether oxygens (including phenoxy) is 1. The van der Waals surface area contributed by atoms with E-state index in [1.807, 2.05) is 19.9 Å². The van der Waals surface area contributed by atoms with Gasteiger partial charge in [-0.05, 0) is 44.4 Å². The zero-order valence-electron chi connectivity index (χ0n) is 13.4. The van der Waals surface area contributed by atoms with E-state index in [1.54, 1.807) is 0 Å². The molecule has 0 fully saturated rings. The molecule has 0 saturated heterocycles. The van der Waals surface area contributed by atoms with Crippen LogP contribution < -0.4 is 10.1 Å². The lowest BCUT2D eigenvalue weighted by molar-refractivity contribution is 0.452. The number of aromatic nitrogens is 2. The van der Waals surface area contributed by atoms with Crippen LogP contribution in [0.15, 0.2) is 18.2 Å². The summed E-state index contributed by atoms with van der Waals surface area (Å²) in [5.41, 5.74) is 3.48. The van der Waals surface area contributed by atoms with Crippen molar-refractivity contribution in [3.63, 3.8) is 0 Å². The molecule has 21 heavy (non-hydrogen) atoms. The van der Waals surface area contributed by atoms with Crippen LogP contribution in [0.25, 0.3) is 0 Å². The third-order valence-corrected chi connectivity index (χ3v) is 3.50. The van der Waals surface area contributed by atoms with Crippen molar-refractivity contribution in [3.8, 4) is 11.6 Å². The molecule has 0 aliphatic heterocycles. The molecule has 112 valence electrons. The average molecular weight is 285 g/mol. The molecule has 2 rings (SSSR count). The first-order valence-corrected chi connectivity index (χ1v) is 7.41. The second kappa shape index (κ2) is 6.57. The molecule has 2 aromatic rings. The number of aryl methyl sites for hydroxylation is 3. The van der Waals surface area contributed by atoms with Gasteiger partial charge in [0.2, 0.25) is 5.88 Å². The SMILES string of the molecule is CCNc1cc(Oc2c(C)ccc(C)c2C)nc(CC)n1. The first-order chi connectivity index (χ1) is 10.0. The standard InChI is InChI=1S/C17H23N3O/c1-6-14-19-15(18-7-2)10-16(20-14)21-17-12(4)9-8-11(3)13(17)5/h8-10H,6-7H2,1-5H3,(H,18,19,20). The number of hydrogen-bond donors (Lipinski definition) is 1. The lowest BCUT2D eigenvalue weighted by Crippen LogP contribution is -2.05. The van der Waals surface area contributed by atoms with Crippen molar-refractivity contribution in [2.75, 3.05) is 11.9 Å². The van der Waals surface area contributed by atoms with Gasteiger partial charge in [0.1, 0.15) is 17.4 Å². The topological polar surface area (TPSA) is 47.0 Å². The highest BCUT2D eigenvalue weighted by molar-refractivity contribution is 5.47. The summed E-state index contributed by atoms with van der Waals surface area (Å²) in [4.78, 5) is 8.91. The normalized spacial score (nSPS) is 10.5. The third kappa shape index (κ3) is 3.51. The maximum atomic E-state index is 6.06. The van der Waals surface area contributed by atoms with E-state index in [0.717, 1.165) is 41.5 Å². The van der Waals surface area contributed by atoms with Crippen LogP contribution in [0.1, 0.15) is 36.4 Å². The van der Waals surface area contributed by atoms with Crippen LogP contribution in [-0.4, -0.2) is 16.5 Å². The fourth-order valence-corrected chi connectivity index (χ4v) is 2.14. The predicted molar refractivity (Wildman–Crippen MR) is 86.3 cm³/mol. The minimum atomic E-state index is 0.592. The molecule has 0 saturated carbocycles. The van der Waals surface area contributed by atoms with Gasteiger partial charge < -0.3 is 10.1 Å². The number of hydrogen-bond acceptors (Lipinski definition) is 4. The van der Waals surface area contributed by atoms with E-state index in [1.165, 1.54) is 5.56 Å². The Hall–Kier alpha value is -2.10. The highest BCUT2D eigenvalue weighted by Crippen LogP contribution is 2.30. The molecule has 0 aliphatic rings. The van der Waals surface area contributed by atoms with Gasteiger partial charge in [-0.25, -0.2) is 4.98 Å². The molecule has 0 spiro atoms. The van der Waals surface area contributed by atoms with Crippen LogP contribution in [0.4, 0.5) is 5.82 Å². The highest BCUT2D eigenvalue weighted by Gasteiger charge is 2.10. The molecular formula is C17H23N3O. The van der Waals surface area contributed by atoms with Gasteiger partial charge in [0.05, 0.1) is 0 Å². The Balaban J connectivity index is 2.39. The first kappa shape index (κ1) is 15.3. The Morgan fingerprint density at radius 3 is 2.43 bits per heavy atom. The molecule has 1 N–H and O–H groups in total. The molecule has 1 aromatic carbocycles. The van der Waals surface area contributed by atoms with Gasteiger partial charge in [-0.1, -0.05) is 19.1 Å².